The van der Waals surface area contributed by atoms with Gasteiger partial charge >= 0.3 is 0 Å². The van der Waals surface area contributed by atoms with E-state index in [1.54, 1.807) is 6.92 Å². The van der Waals surface area contributed by atoms with Crippen molar-refractivity contribution in [2.24, 2.45) is 0 Å². The van der Waals surface area contributed by atoms with E-state index in [0.29, 0.717) is 11.6 Å². The first-order valence-electron chi connectivity index (χ1n) is 5.52. The topological polar surface area (TPSA) is 37.8 Å². The number of alkyl halides is 2. The molecule has 0 atom stereocenters. The van der Waals surface area contributed by atoms with Gasteiger partial charge in [0, 0.05) is 11.8 Å². The zero-order valence-electron chi connectivity index (χ0n) is 10.1. The lowest BCUT2D eigenvalue weighted by Crippen LogP contribution is -2.01. The number of aryl methyl sites for hydroxylation is 2. The van der Waals surface area contributed by atoms with Gasteiger partial charge in [-0.2, -0.15) is 0 Å². The summed E-state index contributed by atoms with van der Waals surface area (Å²) in [7, 11) is 0. The summed E-state index contributed by atoms with van der Waals surface area (Å²) in [6, 6.07) is 8.87. The Bertz CT molecular complexity index is 538. The third-order valence-electron chi connectivity index (χ3n) is 2.41. The number of hydrogen-bond acceptors (Lipinski definition) is 3. The molecule has 0 amide bonds. The van der Waals surface area contributed by atoms with Crippen molar-refractivity contribution in [1.82, 2.24) is 9.97 Å². The van der Waals surface area contributed by atoms with E-state index in [0.717, 1.165) is 11.3 Å². The summed E-state index contributed by atoms with van der Waals surface area (Å²) in [4.78, 5) is 7.77. The summed E-state index contributed by atoms with van der Waals surface area (Å²) in [6.07, 6.45) is -2.59. The highest BCUT2D eigenvalue weighted by molar-refractivity contribution is 5.56. The van der Waals surface area contributed by atoms with E-state index < -0.39 is 6.43 Å². The standard InChI is InChI=1S/C13H13F2N3/c1-8-3-5-10(6-4-8)18-12-7-11(13(14)15)16-9(2)17-12/h3-7,13H,1-2H3,(H,16,17,18). The van der Waals surface area contributed by atoms with E-state index in [1.165, 1.54) is 6.07 Å². The monoisotopic (exact) mass is 249 g/mol. The summed E-state index contributed by atoms with van der Waals surface area (Å²) in [5.41, 5.74) is 1.67. The number of nitrogens with zero attached hydrogens (tertiary/aromatic N) is 2. The van der Waals surface area contributed by atoms with Crippen LogP contribution in [0, 0.1) is 13.8 Å². The largest absolute Gasteiger partial charge is 0.340 e. The van der Waals surface area contributed by atoms with Crippen molar-refractivity contribution in [1.29, 1.82) is 0 Å². The first-order valence-corrected chi connectivity index (χ1v) is 5.52. The third-order valence-corrected chi connectivity index (χ3v) is 2.41. The maximum Gasteiger partial charge on any atom is 0.280 e. The summed E-state index contributed by atoms with van der Waals surface area (Å²) >= 11 is 0. The first kappa shape index (κ1) is 12.4. The lowest BCUT2D eigenvalue weighted by molar-refractivity contribution is 0.145. The molecule has 0 aliphatic carbocycles. The number of rotatable bonds is 3. The van der Waals surface area contributed by atoms with Gasteiger partial charge in [0.25, 0.3) is 6.43 Å². The average molecular weight is 249 g/mol. The molecule has 2 rings (SSSR count). The van der Waals surface area contributed by atoms with Gasteiger partial charge in [0.2, 0.25) is 0 Å². The predicted octanol–water partition coefficient (Wildman–Crippen LogP) is 3.77. The van der Waals surface area contributed by atoms with Crippen LogP contribution in [0.5, 0.6) is 0 Å². The Hall–Kier alpha value is -2.04. The first-order chi connectivity index (χ1) is 8.54. The molecule has 18 heavy (non-hydrogen) atoms. The third kappa shape index (κ3) is 3.00. The highest BCUT2D eigenvalue weighted by Crippen LogP contribution is 2.21. The molecule has 1 N–H and O–H groups in total. The van der Waals surface area contributed by atoms with Crippen molar-refractivity contribution in [3.8, 4) is 0 Å². The summed E-state index contributed by atoms with van der Waals surface area (Å²) < 4.78 is 25.2. The highest BCUT2D eigenvalue weighted by Gasteiger charge is 2.11. The van der Waals surface area contributed by atoms with Gasteiger partial charge < -0.3 is 5.32 Å². The Kier molecular flexibility index (Phi) is 3.50. The van der Waals surface area contributed by atoms with Crippen LogP contribution in [0.4, 0.5) is 20.3 Å². The summed E-state index contributed by atoms with van der Waals surface area (Å²) in [6.45, 7) is 3.57. The molecule has 1 aromatic heterocycles. The minimum atomic E-state index is -2.59. The Labute approximate surface area is 104 Å². The van der Waals surface area contributed by atoms with Crippen molar-refractivity contribution in [3.05, 3.63) is 47.4 Å². The molecule has 0 unspecified atom stereocenters. The highest BCUT2D eigenvalue weighted by atomic mass is 19.3. The second-order valence-electron chi connectivity index (χ2n) is 4.02. The second kappa shape index (κ2) is 5.08. The van der Waals surface area contributed by atoms with Crippen LogP contribution in [0.15, 0.2) is 30.3 Å². The van der Waals surface area contributed by atoms with Crippen LogP contribution in [0.25, 0.3) is 0 Å². The van der Waals surface area contributed by atoms with Crippen LogP contribution in [0.1, 0.15) is 23.5 Å². The number of anilines is 2. The smallest absolute Gasteiger partial charge is 0.280 e. The molecule has 0 radical (unpaired) electrons. The van der Waals surface area contributed by atoms with Gasteiger partial charge in [-0.3, -0.25) is 0 Å². The molecular weight excluding hydrogens is 236 g/mol. The fourth-order valence-electron chi connectivity index (χ4n) is 1.55. The molecule has 0 saturated heterocycles. The lowest BCUT2D eigenvalue weighted by Gasteiger charge is -2.08. The predicted molar refractivity (Wildman–Crippen MR) is 66.2 cm³/mol. The lowest BCUT2D eigenvalue weighted by atomic mass is 10.2. The van der Waals surface area contributed by atoms with Crippen molar-refractivity contribution < 1.29 is 8.78 Å². The second-order valence-corrected chi connectivity index (χ2v) is 4.02. The molecule has 0 bridgehead atoms. The maximum atomic E-state index is 12.6. The molecule has 1 aromatic carbocycles. The minimum absolute atomic E-state index is 0.267. The quantitative estimate of drug-likeness (QED) is 0.899. The van der Waals surface area contributed by atoms with Crippen molar-refractivity contribution in [2.75, 3.05) is 5.32 Å². The number of aromatic nitrogens is 2. The van der Waals surface area contributed by atoms with Gasteiger partial charge in [0.15, 0.2) is 0 Å². The van der Waals surface area contributed by atoms with Gasteiger partial charge in [-0.15, -0.1) is 0 Å². The van der Waals surface area contributed by atoms with E-state index in [2.05, 4.69) is 15.3 Å². The van der Waals surface area contributed by atoms with Gasteiger partial charge in [-0.1, -0.05) is 17.7 Å². The molecule has 3 nitrogen and oxygen atoms in total. The number of hydrogen-bond donors (Lipinski definition) is 1. The Morgan fingerprint density at radius 2 is 1.72 bits per heavy atom. The van der Waals surface area contributed by atoms with Crippen LogP contribution >= 0.6 is 0 Å². The van der Waals surface area contributed by atoms with Crippen LogP contribution in [0.3, 0.4) is 0 Å². The number of benzene rings is 1. The molecule has 0 saturated carbocycles. The van der Waals surface area contributed by atoms with Crippen molar-refractivity contribution >= 4 is 11.5 Å². The van der Waals surface area contributed by atoms with E-state index in [-0.39, 0.29) is 5.69 Å². The van der Waals surface area contributed by atoms with Crippen LogP contribution in [-0.4, -0.2) is 9.97 Å². The van der Waals surface area contributed by atoms with E-state index in [9.17, 15) is 8.78 Å². The molecule has 1 heterocycles. The Balaban J connectivity index is 2.26. The fourth-order valence-corrected chi connectivity index (χ4v) is 1.55. The van der Waals surface area contributed by atoms with Gasteiger partial charge in [-0.25, -0.2) is 18.7 Å². The zero-order valence-corrected chi connectivity index (χ0v) is 10.1. The summed E-state index contributed by atoms with van der Waals surface area (Å²) in [5, 5.41) is 2.98. The molecule has 0 aliphatic heterocycles. The Morgan fingerprint density at radius 1 is 1.06 bits per heavy atom. The molecular formula is C13H13F2N3. The minimum Gasteiger partial charge on any atom is -0.340 e. The normalized spacial score (nSPS) is 10.7. The molecule has 0 fully saturated rings. The number of halogens is 2. The van der Waals surface area contributed by atoms with E-state index >= 15 is 0 Å². The van der Waals surface area contributed by atoms with E-state index in [4.69, 9.17) is 0 Å². The van der Waals surface area contributed by atoms with Gasteiger partial charge in [-0.05, 0) is 26.0 Å². The number of nitrogens with one attached hydrogen (secondary N) is 1. The Morgan fingerprint density at radius 3 is 2.33 bits per heavy atom. The van der Waals surface area contributed by atoms with Crippen LogP contribution in [0.2, 0.25) is 0 Å². The van der Waals surface area contributed by atoms with Crippen molar-refractivity contribution in [3.63, 3.8) is 0 Å². The van der Waals surface area contributed by atoms with E-state index in [1.807, 2.05) is 31.2 Å². The van der Waals surface area contributed by atoms with Gasteiger partial charge in [0.05, 0.1) is 0 Å². The molecule has 0 spiro atoms. The van der Waals surface area contributed by atoms with Crippen LogP contribution < -0.4 is 5.32 Å². The molecule has 94 valence electrons. The average Bonchev–Trinajstić information content (AvgIpc) is 2.31. The fraction of sp³-hybridized carbons (Fsp3) is 0.231. The maximum absolute atomic E-state index is 12.6. The summed E-state index contributed by atoms with van der Waals surface area (Å²) in [5.74, 6) is 0.698. The van der Waals surface area contributed by atoms with Crippen molar-refractivity contribution in [2.45, 2.75) is 20.3 Å². The SMILES string of the molecule is Cc1ccc(Nc2cc(C(F)F)nc(C)n2)cc1. The van der Waals surface area contributed by atoms with Crippen LogP contribution in [-0.2, 0) is 0 Å². The van der Waals surface area contributed by atoms with Gasteiger partial charge in [0.1, 0.15) is 17.3 Å². The molecule has 0 aliphatic rings. The zero-order chi connectivity index (χ0) is 13.1. The molecule has 2 aromatic rings. The molecule has 5 heteroatoms.